The topological polar surface area (TPSA) is 116 Å². The molecule has 0 saturated carbocycles. The van der Waals surface area contributed by atoms with E-state index in [4.69, 9.17) is 4.98 Å². The molecule has 0 bridgehead atoms. The summed E-state index contributed by atoms with van der Waals surface area (Å²) < 4.78 is 0. The second kappa shape index (κ2) is 10.5. The molecule has 2 amide bonds. The number of nitrogens with zero attached hydrogens (tertiary/aromatic N) is 6. The van der Waals surface area contributed by atoms with Crippen LogP contribution in [0.3, 0.4) is 0 Å². The van der Waals surface area contributed by atoms with Gasteiger partial charge in [0.2, 0.25) is 5.91 Å². The zero-order valence-electron chi connectivity index (χ0n) is 18.4. The van der Waals surface area contributed by atoms with Gasteiger partial charge in [-0.2, -0.15) is 0 Å². The average Bonchev–Trinajstić information content (AvgIpc) is 2.87. The molecule has 0 radical (unpaired) electrons. The molecule has 1 aromatic carbocycles. The number of amides is 2. The van der Waals surface area contributed by atoms with Gasteiger partial charge in [0.15, 0.2) is 5.82 Å². The summed E-state index contributed by atoms with van der Waals surface area (Å²) in [5.41, 5.74) is 1.27. The van der Waals surface area contributed by atoms with Crippen LogP contribution in [0.1, 0.15) is 17.4 Å². The van der Waals surface area contributed by atoms with E-state index in [0.29, 0.717) is 56.6 Å². The zero-order valence-corrected chi connectivity index (χ0v) is 18.4. The van der Waals surface area contributed by atoms with Gasteiger partial charge in [-0.15, -0.1) is 0 Å². The van der Waals surface area contributed by atoms with Gasteiger partial charge in [0.1, 0.15) is 17.3 Å². The van der Waals surface area contributed by atoms with Gasteiger partial charge in [0.25, 0.3) is 5.91 Å². The fourth-order valence-corrected chi connectivity index (χ4v) is 3.54. The van der Waals surface area contributed by atoms with E-state index in [-0.39, 0.29) is 11.8 Å². The third-order valence-electron chi connectivity index (χ3n) is 5.22. The third-order valence-corrected chi connectivity index (χ3v) is 5.22. The van der Waals surface area contributed by atoms with Crippen molar-refractivity contribution in [2.75, 3.05) is 49.5 Å². The normalized spacial score (nSPS) is 13.5. The molecule has 3 aromatic rings. The molecule has 0 atom stereocenters. The van der Waals surface area contributed by atoms with Crippen molar-refractivity contribution in [3.63, 3.8) is 0 Å². The van der Waals surface area contributed by atoms with Crippen molar-refractivity contribution in [3.05, 3.63) is 60.7 Å². The quantitative estimate of drug-likeness (QED) is 0.524. The summed E-state index contributed by atoms with van der Waals surface area (Å²) in [6.45, 7) is 4.94. The maximum Gasteiger partial charge on any atom is 0.274 e. The van der Waals surface area contributed by atoms with Crippen LogP contribution in [0.15, 0.2) is 55.0 Å². The molecule has 2 N–H and O–H groups in total. The number of anilines is 2. The van der Waals surface area contributed by atoms with E-state index in [1.54, 1.807) is 11.1 Å². The van der Waals surface area contributed by atoms with Gasteiger partial charge in [-0.25, -0.2) is 15.0 Å². The second-order valence-electron chi connectivity index (χ2n) is 7.58. The first-order valence-corrected chi connectivity index (χ1v) is 10.8. The van der Waals surface area contributed by atoms with Crippen LogP contribution in [-0.4, -0.2) is 75.9 Å². The van der Waals surface area contributed by atoms with Crippen molar-refractivity contribution in [2.45, 2.75) is 6.92 Å². The van der Waals surface area contributed by atoms with Crippen molar-refractivity contribution >= 4 is 23.5 Å². The Bertz CT molecular complexity index is 1090. The molecule has 1 saturated heterocycles. The highest BCUT2D eigenvalue weighted by molar-refractivity contribution is 5.92. The van der Waals surface area contributed by atoms with Crippen LogP contribution in [0, 0.1) is 0 Å². The summed E-state index contributed by atoms with van der Waals surface area (Å²) in [6.07, 6.45) is 4.57. The lowest BCUT2D eigenvalue weighted by molar-refractivity contribution is -0.118. The summed E-state index contributed by atoms with van der Waals surface area (Å²) in [4.78, 5) is 45.3. The fraction of sp³-hybridized carbons (Fsp3) is 0.304. The molecule has 1 fully saturated rings. The lowest BCUT2D eigenvalue weighted by atomic mass is 10.2. The number of carbonyl (C=O) groups excluding carboxylic acids is 2. The fourth-order valence-electron chi connectivity index (χ4n) is 3.54. The molecule has 1 aliphatic rings. The molecule has 3 heterocycles. The molecule has 0 unspecified atom stereocenters. The van der Waals surface area contributed by atoms with Crippen molar-refractivity contribution in [3.8, 4) is 11.4 Å². The third kappa shape index (κ3) is 5.79. The number of piperazine rings is 1. The molecule has 1 aliphatic heterocycles. The van der Waals surface area contributed by atoms with E-state index in [0.717, 1.165) is 11.4 Å². The summed E-state index contributed by atoms with van der Waals surface area (Å²) in [5.74, 6) is 1.91. The Morgan fingerprint density at radius 2 is 1.79 bits per heavy atom. The van der Waals surface area contributed by atoms with Crippen LogP contribution in [0.4, 0.5) is 11.6 Å². The number of aromatic nitrogens is 4. The molecule has 4 rings (SSSR count). The van der Waals surface area contributed by atoms with Gasteiger partial charge in [0.05, 0.1) is 6.20 Å². The number of hydrogen-bond donors (Lipinski definition) is 2. The number of hydrogen-bond acceptors (Lipinski definition) is 8. The molecule has 0 aliphatic carbocycles. The Morgan fingerprint density at radius 1 is 1.00 bits per heavy atom. The van der Waals surface area contributed by atoms with E-state index in [1.807, 2.05) is 36.4 Å². The summed E-state index contributed by atoms with van der Waals surface area (Å²) in [7, 11) is 0. The van der Waals surface area contributed by atoms with Crippen molar-refractivity contribution in [1.29, 1.82) is 0 Å². The first-order chi connectivity index (χ1) is 16.1. The zero-order chi connectivity index (χ0) is 23.0. The average molecular weight is 447 g/mol. The molecule has 10 nitrogen and oxygen atoms in total. The van der Waals surface area contributed by atoms with E-state index >= 15 is 0 Å². The minimum absolute atomic E-state index is 0.0703. The van der Waals surface area contributed by atoms with E-state index in [1.165, 1.54) is 19.3 Å². The van der Waals surface area contributed by atoms with Crippen LogP contribution >= 0.6 is 0 Å². The van der Waals surface area contributed by atoms with Crippen LogP contribution in [0.25, 0.3) is 11.4 Å². The predicted molar refractivity (Wildman–Crippen MR) is 125 cm³/mol. The number of carbonyl (C=O) groups is 2. The molecule has 10 heteroatoms. The standard InChI is InChI=1S/C23H26N8O2/c1-17(32)25-9-10-27-20-15-21(29-22(28-20)18-5-3-2-4-6-18)30-11-13-31(14-12-30)23(33)19-16-24-7-8-26-19/h2-8,15-16H,9-14H2,1H3,(H,25,32)(H,27,28,29). The highest BCUT2D eigenvalue weighted by Gasteiger charge is 2.24. The van der Waals surface area contributed by atoms with Crippen LogP contribution < -0.4 is 15.5 Å². The van der Waals surface area contributed by atoms with Gasteiger partial charge < -0.3 is 20.4 Å². The van der Waals surface area contributed by atoms with Gasteiger partial charge >= 0.3 is 0 Å². The number of nitrogens with one attached hydrogen (secondary N) is 2. The summed E-state index contributed by atoms with van der Waals surface area (Å²) in [6, 6.07) is 11.7. The van der Waals surface area contributed by atoms with Crippen molar-refractivity contribution in [2.24, 2.45) is 0 Å². The lowest BCUT2D eigenvalue weighted by Gasteiger charge is -2.35. The van der Waals surface area contributed by atoms with Gasteiger partial charge in [-0.1, -0.05) is 30.3 Å². The van der Waals surface area contributed by atoms with Crippen LogP contribution in [0.2, 0.25) is 0 Å². The molecular weight excluding hydrogens is 420 g/mol. The predicted octanol–water partition coefficient (Wildman–Crippen LogP) is 1.44. The monoisotopic (exact) mass is 446 g/mol. The Balaban J connectivity index is 1.48. The van der Waals surface area contributed by atoms with Crippen molar-refractivity contribution < 1.29 is 9.59 Å². The smallest absolute Gasteiger partial charge is 0.274 e. The summed E-state index contributed by atoms with van der Waals surface area (Å²) in [5, 5.41) is 6.03. The molecule has 0 spiro atoms. The molecular formula is C23H26N8O2. The highest BCUT2D eigenvalue weighted by Crippen LogP contribution is 2.23. The minimum Gasteiger partial charge on any atom is -0.368 e. The van der Waals surface area contributed by atoms with Crippen LogP contribution in [-0.2, 0) is 4.79 Å². The number of rotatable bonds is 7. The molecule has 2 aromatic heterocycles. The van der Waals surface area contributed by atoms with Crippen LogP contribution in [0.5, 0.6) is 0 Å². The summed E-state index contributed by atoms with van der Waals surface area (Å²) >= 11 is 0. The lowest BCUT2D eigenvalue weighted by Crippen LogP contribution is -2.49. The molecule has 33 heavy (non-hydrogen) atoms. The van der Waals surface area contributed by atoms with Gasteiger partial charge in [-0.05, 0) is 0 Å². The maximum atomic E-state index is 12.7. The van der Waals surface area contributed by atoms with E-state index in [9.17, 15) is 9.59 Å². The van der Waals surface area contributed by atoms with Gasteiger partial charge in [0, 0.05) is 70.2 Å². The highest BCUT2D eigenvalue weighted by atomic mass is 16.2. The SMILES string of the molecule is CC(=O)NCCNc1cc(N2CCN(C(=O)c3cnccn3)CC2)nc(-c2ccccc2)n1. The Labute approximate surface area is 192 Å². The largest absolute Gasteiger partial charge is 0.368 e. The van der Waals surface area contributed by atoms with E-state index < -0.39 is 0 Å². The maximum absolute atomic E-state index is 12.7. The van der Waals surface area contributed by atoms with Crippen molar-refractivity contribution in [1.82, 2.24) is 30.2 Å². The Kier molecular flexibility index (Phi) is 7.03. The first-order valence-electron chi connectivity index (χ1n) is 10.8. The number of benzene rings is 1. The Hall–Kier alpha value is -4.08. The Morgan fingerprint density at radius 3 is 2.48 bits per heavy atom. The van der Waals surface area contributed by atoms with E-state index in [2.05, 4.69) is 30.5 Å². The minimum atomic E-state index is -0.115. The first kappa shape index (κ1) is 22.1. The molecule has 170 valence electrons. The second-order valence-corrected chi connectivity index (χ2v) is 7.58. The van der Waals surface area contributed by atoms with Gasteiger partial charge in [-0.3, -0.25) is 14.6 Å².